The van der Waals surface area contributed by atoms with Crippen LogP contribution in [0.4, 0.5) is 0 Å². The van der Waals surface area contributed by atoms with Gasteiger partial charge in [0.15, 0.2) is 0 Å². The molecule has 0 spiro atoms. The van der Waals surface area contributed by atoms with Crippen LogP contribution in [0.25, 0.3) is 0 Å². The van der Waals surface area contributed by atoms with Crippen molar-refractivity contribution in [1.82, 2.24) is 15.2 Å². The molecule has 3 rings (SSSR count). The van der Waals surface area contributed by atoms with Gasteiger partial charge in [0.05, 0.1) is 4.87 Å². The Hall–Kier alpha value is -2.58. The van der Waals surface area contributed by atoms with Crippen molar-refractivity contribution in [2.45, 2.75) is 62.8 Å². The Kier molecular flexibility index (Phi) is 9.14. The SMILES string of the molecule is CCCC(C)(NC(=O)c1ccccn1)SC(Oc1cccc(CN2CCCCC2)c1)C(N)=O. The molecule has 1 aromatic heterocycles. The molecular weight excluding hydrogens is 436 g/mol. The second kappa shape index (κ2) is 12.0. The maximum Gasteiger partial charge on any atom is 0.270 e. The number of piperidine rings is 1. The molecule has 2 atom stereocenters. The van der Waals surface area contributed by atoms with Crippen molar-refractivity contribution in [3.8, 4) is 5.75 Å². The minimum Gasteiger partial charge on any atom is -0.470 e. The van der Waals surface area contributed by atoms with Gasteiger partial charge in [0, 0.05) is 12.7 Å². The second-order valence-corrected chi connectivity index (χ2v) is 10.2. The molecule has 178 valence electrons. The third kappa shape index (κ3) is 7.75. The molecule has 0 saturated carbocycles. The summed E-state index contributed by atoms with van der Waals surface area (Å²) in [6.07, 6.45) is 6.78. The molecule has 1 aliphatic rings. The highest BCUT2D eigenvalue weighted by atomic mass is 32.2. The molecule has 2 amide bonds. The van der Waals surface area contributed by atoms with Gasteiger partial charge in [-0.15, -0.1) is 0 Å². The fourth-order valence-electron chi connectivity index (χ4n) is 4.02. The Labute approximate surface area is 200 Å². The van der Waals surface area contributed by atoms with Crippen LogP contribution in [0.5, 0.6) is 5.75 Å². The molecule has 1 saturated heterocycles. The van der Waals surface area contributed by atoms with Gasteiger partial charge in [-0.05, 0) is 69.1 Å². The van der Waals surface area contributed by atoms with E-state index in [0.717, 1.165) is 31.6 Å². The highest BCUT2D eigenvalue weighted by Crippen LogP contribution is 2.33. The molecule has 0 radical (unpaired) electrons. The molecule has 2 unspecified atom stereocenters. The molecule has 1 aliphatic heterocycles. The number of thioether (sulfide) groups is 1. The van der Waals surface area contributed by atoms with E-state index in [4.69, 9.17) is 10.5 Å². The van der Waals surface area contributed by atoms with Gasteiger partial charge < -0.3 is 15.8 Å². The standard InChI is InChI=1S/C25H34N4O3S/c1-3-13-25(2,28-23(31)21-12-5-6-14-27-21)33-24(22(26)30)32-20-11-9-10-19(17-20)18-29-15-7-4-8-16-29/h5-6,9-12,14,17,24H,3-4,7-8,13,15-16,18H2,1-2H3,(H2,26,30)(H,28,31). The number of benzene rings is 1. The molecule has 2 heterocycles. The fourth-order valence-corrected chi connectivity index (χ4v) is 5.24. The topological polar surface area (TPSA) is 97.6 Å². The number of primary amides is 1. The summed E-state index contributed by atoms with van der Waals surface area (Å²) in [5, 5.41) is 3.01. The molecular formula is C25H34N4O3S. The number of carbonyl (C=O) groups is 2. The van der Waals surface area contributed by atoms with Gasteiger partial charge in [0.25, 0.3) is 11.8 Å². The van der Waals surface area contributed by atoms with Gasteiger partial charge >= 0.3 is 0 Å². The van der Waals surface area contributed by atoms with Gasteiger partial charge in [0.1, 0.15) is 11.4 Å². The van der Waals surface area contributed by atoms with E-state index >= 15 is 0 Å². The zero-order chi connectivity index (χ0) is 23.7. The van der Waals surface area contributed by atoms with Crippen molar-refractivity contribution in [3.05, 3.63) is 59.9 Å². The predicted molar refractivity (Wildman–Crippen MR) is 132 cm³/mol. The lowest BCUT2D eigenvalue weighted by Gasteiger charge is -2.32. The average molecular weight is 471 g/mol. The first-order chi connectivity index (χ1) is 15.9. The van der Waals surface area contributed by atoms with E-state index in [0.29, 0.717) is 17.9 Å². The third-order valence-corrected chi connectivity index (χ3v) is 6.97. The smallest absolute Gasteiger partial charge is 0.270 e. The van der Waals surface area contributed by atoms with Crippen LogP contribution in [0.1, 0.15) is 62.0 Å². The summed E-state index contributed by atoms with van der Waals surface area (Å²) < 4.78 is 6.04. The van der Waals surface area contributed by atoms with Crippen LogP contribution in [-0.2, 0) is 11.3 Å². The first kappa shape index (κ1) is 25.1. The van der Waals surface area contributed by atoms with Crippen molar-refractivity contribution in [2.75, 3.05) is 13.1 Å². The maximum atomic E-state index is 12.7. The van der Waals surface area contributed by atoms with Crippen LogP contribution in [0.15, 0.2) is 48.7 Å². The summed E-state index contributed by atoms with van der Waals surface area (Å²) >= 11 is 1.22. The lowest BCUT2D eigenvalue weighted by Crippen LogP contribution is -2.47. The molecule has 2 aromatic rings. The first-order valence-electron chi connectivity index (χ1n) is 11.6. The number of carbonyl (C=O) groups excluding carboxylic acids is 2. The Morgan fingerprint density at radius 2 is 2.00 bits per heavy atom. The van der Waals surface area contributed by atoms with Gasteiger partial charge in [-0.1, -0.05) is 49.7 Å². The molecule has 33 heavy (non-hydrogen) atoms. The minimum absolute atomic E-state index is 0.300. The summed E-state index contributed by atoms with van der Waals surface area (Å²) in [6, 6.07) is 13.0. The fraction of sp³-hybridized carbons (Fsp3) is 0.480. The number of nitrogens with one attached hydrogen (secondary N) is 1. The zero-order valence-electron chi connectivity index (χ0n) is 19.5. The highest BCUT2D eigenvalue weighted by Gasteiger charge is 2.34. The molecule has 7 nitrogen and oxygen atoms in total. The highest BCUT2D eigenvalue weighted by molar-refractivity contribution is 8.01. The van der Waals surface area contributed by atoms with Crippen molar-refractivity contribution < 1.29 is 14.3 Å². The Balaban J connectivity index is 1.69. The van der Waals surface area contributed by atoms with Crippen LogP contribution in [0, 0.1) is 0 Å². The average Bonchev–Trinajstić information content (AvgIpc) is 2.80. The van der Waals surface area contributed by atoms with Gasteiger partial charge in [-0.25, -0.2) is 0 Å². The van der Waals surface area contributed by atoms with E-state index in [2.05, 4.69) is 21.3 Å². The normalized spacial score (nSPS) is 17.0. The van der Waals surface area contributed by atoms with Crippen molar-refractivity contribution in [3.63, 3.8) is 0 Å². The lowest BCUT2D eigenvalue weighted by molar-refractivity contribution is -0.121. The van der Waals surface area contributed by atoms with Crippen LogP contribution in [-0.4, -0.2) is 45.1 Å². The van der Waals surface area contributed by atoms with Gasteiger partial charge in [0.2, 0.25) is 5.44 Å². The Morgan fingerprint density at radius 3 is 2.67 bits per heavy atom. The van der Waals surface area contributed by atoms with Crippen LogP contribution in [0.3, 0.4) is 0 Å². The Morgan fingerprint density at radius 1 is 1.21 bits per heavy atom. The lowest BCUT2D eigenvalue weighted by atomic mass is 10.1. The van der Waals surface area contributed by atoms with Gasteiger partial charge in [-0.3, -0.25) is 19.5 Å². The molecule has 1 fully saturated rings. The quantitative estimate of drug-likeness (QED) is 0.483. The largest absolute Gasteiger partial charge is 0.470 e. The summed E-state index contributed by atoms with van der Waals surface area (Å²) in [5.74, 6) is -0.294. The van der Waals surface area contributed by atoms with Crippen molar-refractivity contribution in [1.29, 1.82) is 0 Å². The summed E-state index contributed by atoms with van der Waals surface area (Å²) in [5.41, 5.74) is 6.21. The number of hydrogen-bond acceptors (Lipinski definition) is 6. The zero-order valence-corrected chi connectivity index (χ0v) is 20.3. The summed E-state index contributed by atoms with van der Waals surface area (Å²) in [4.78, 5) is 30.8. The van der Waals surface area contributed by atoms with E-state index in [1.807, 2.05) is 32.0 Å². The third-order valence-electron chi connectivity index (χ3n) is 5.60. The van der Waals surface area contributed by atoms with E-state index < -0.39 is 16.2 Å². The number of ether oxygens (including phenoxy) is 1. The number of aromatic nitrogens is 1. The first-order valence-corrected chi connectivity index (χ1v) is 12.4. The molecule has 8 heteroatoms. The molecule has 1 aromatic carbocycles. The van der Waals surface area contributed by atoms with Crippen molar-refractivity contribution in [2.24, 2.45) is 5.73 Å². The molecule has 0 bridgehead atoms. The molecule has 3 N–H and O–H groups in total. The number of amides is 2. The van der Waals surface area contributed by atoms with Crippen molar-refractivity contribution >= 4 is 23.6 Å². The van der Waals surface area contributed by atoms with Crippen LogP contribution < -0.4 is 15.8 Å². The Bertz CT molecular complexity index is 921. The number of pyridine rings is 1. The number of rotatable bonds is 11. The van der Waals surface area contributed by atoms with Crippen LogP contribution >= 0.6 is 11.8 Å². The minimum atomic E-state index is -0.948. The number of likely N-dealkylation sites (tertiary alicyclic amines) is 1. The van der Waals surface area contributed by atoms with E-state index in [9.17, 15) is 9.59 Å². The summed E-state index contributed by atoms with van der Waals surface area (Å²) in [7, 11) is 0. The molecule has 0 aliphatic carbocycles. The second-order valence-electron chi connectivity index (χ2n) is 8.60. The predicted octanol–water partition coefficient (Wildman–Crippen LogP) is 3.94. The maximum absolute atomic E-state index is 12.7. The van der Waals surface area contributed by atoms with Crippen LogP contribution in [0.2, 0.25) is 0 Å². The van der Waals surface area contributed by atoms with Gasteiger partial charge in [-0.2, -0.15) is 0 Å². The van der Waals surface area contributed by atoms with E-state index in [1.54, 1.807) is 24.4 Å². The monoisotopic (exact) mass is 470 g/mol. The number of hydrogen-bond donors (Lipinski definition) is 2. The number of nitrogens with two attached hydrogens (primary N) is 1. The number of nitrogens with zero attached hydrogens (tertiary/aromatic N) is 2. The summed E-state index contributed by atoms with van der Waals surface area (Å²) in [6.45, 7) is 6.98. The van der Waals surface area contributed by atoms with E-state index in [-0.39, 0.29) is 5.91 Å². The van der Waals surface area contributed by atoms with E-state index in [1.165, 1.54) is 31.0 Å².